The molecule has 0 heterocycles. The van der Waals surface area contributed by atoms with Gasteiger partial charge in [0, 0.05) is 0 Å². The first kappa shape index (κ1) is 16.5. The summed E-state index contributed by atoms with van der Waals surface area (Å²) in [5.74, 6) is -1.09. The number of hydrogen-bond donors (Lipinski definition) is 2. The maximum absolute atomic E-state index is 11.0. The lowest BCUT2D eigenvalue weighted by Gasteiger charge is -2.20. The zero-order valence-corrected chi connectivity index (χ0v) is 9.57. The summed E-state index contributed by atoms with van der Waals surface area (Å²) >= 11 is 0. The van der Waals surface area contributed by atoms with Gasteiger partial charge in [-0.1, -0.05) is 0 Å². The van der Waals surface area contributed by atoms with Crippen molar-refractivity contribution >= 4 is 18.2 Å². The van der Waals surface area contributed by atoms with Gasteiger partial charge in [-0.15, -0.1) is 0 Å². The van der Waals surface area contributed by atoms with Crippen molar-refractivity contribution < 1.29 is 29.0 Å². The van der Waals surface area contributed by atoms with Crippen LogP contribution in [0.15, 0.2) is 0 Å². The van der Waals surface area contributed by atoms with Crippen LogP contribution in [0.3, 0.4) is 0 Å². The second kappa shape index (κ2) is 7.42. The van der Waals surface area contributed by atoms with E-state index in [1.165, 1.54) is 6.92 Å². The van der Waals surface area contributed by atoms with Crippen molar-refractivity contribution in [2.75, 3.05) is 0 Å². The summed E-state index contributed by atoms with van der Waals surface area (Å²) < 4.78 is 4.85. The van der Waals surface area contributed by atoms with Gasteiger partial charge in [0.25, 0.3) is 0 Å². The molecule has 1 amide bonds. The summed E-state index contributed by atoms with van der Waals surface area (Å²) in [6, 6.07) is -0.935. The lowest BCUT2D eigenvalue weighted by molar-refractivity contribution is -0.191. The third-order valence-corrected chi connectivity index (χ3v) is 1.10. The fourth-order valence-electron chi connectivity index (χ4n) is 0.546. The Bertz CT molecular complexity index is 274. The first-order chi connectivity index (χ1) is 7.14. The van der Waals surface area contributed by atoms with E-state index in [0.29, 0.717) is 0 Å². The van der Waals surface area contributed by atoms with Crippen molar-refractivity contribution in [1.29, 1.82) is 0 Å². The minimum atomic E-state index is -1.09. The molecular formula is C9H15NO6. The summed E-state index contributed by atoms with van der Waals surface area (Å²) in [6.45, 7) is 6.49. The number of carbonyl (C=O) groups is 2. The van der Waals surface area contributed by atoms with Crippen molar-refractivity contribution in [2.45, 2.75) is 39.3 Å². The Balaban J connectivity index is 0. The molecule has 1 atom stereocenters. The Kier molecular flexibility index (Phi) is 7.67. The fourth-order valence-corrected chi connectivity index (χ4v) is 0.546. The van der Waals surface area contributed by atoms with Crippen LogP contribution in [-0.4, -0.2) is 35.0 Å². The van der Waals surface area contributed by atoms with Gasteiger partial charge >= 0.3 is 18.2 Å². The highest BCUT2D eigenvalue weighted by Gasteiger charge is 2.20. The Morgan fingerprint density at radius 3 is 1.94 bits per heavy atom. The molecule has 7 nitrogen and oxygen atoms in total. The zero-order valence-electron chi connectivity index (χ0n) is 9.57. The molecule has 0 aromatic carbocycles. The van der Waals surface area contributed by atoms with Gasteiger partial charge in [-0.2, -0.15) is 9.59 Å². The monoisotopic (exact) mass is 233 g/mol. The van der Waals surface area contributed by atoms with Crippen molar-refractivity contribution in [3.8, 4) is 0 Å². The van der Waals surface area contributed by atoms with Crippen LogP contribution in [-0.2, 0) is 19.1 Å². The van der Waals surface area contributed by atoms with Gasteiger partial charge in [0.2, 0.25) is 0 Å². The number of rotatable bonds is 2. The van der Waals surface area contributed by atoms with Crippen LogP contribution in [0, 0.1) is 0 Å². The molecule has 7 heteroatoms. The highest BCUT2D eigenvalue weighted by molar-refractivity contribution is 5.79. The molecule has 0 spiro atoms. The molecule has 0 aromatic heterocycles. The van der Waals surface area contributed by atoms with Gasteiger partial charge < -0.3 is 15.2 Å². The van der Waals surface area contributed by atoms with E-state index >= 15 is 0 Å². The molecule has 0 rings (SSSR count). The van der Waals surface area contributed by atoms with Crippen molar-refractivity contribution in [3.63, 3.8) is 0 Å². The number of hydrogen-bond acceptors (Lipinski definition) is 5. The van der Waals surface area contributed by atoms with Crippen LogP contribution in [0.2, 0.25) is 0 Å². The molecule has 0 radical (unpaired) electrons. The van der Waals surface area contributed by atoms with Gasteiger partial charge in [0.1, 0.15) is 11.6 Å². The molecule has 92 valence electrons. The minimum Gasteiger partial charge on any atom is -0.480 e. The number of ether oxygens (including phenoxy) is 1. The first-order valence-electron chi connectivity index (χ1n) is 4.35. The van der Waals surface area contributed by atoms with E-state index in [0.717, 1.165) is 0 Å². The number of carboxylic acids is 1. The lowest BCUT2D eigenvalue weighted by atomic mass is 10.2. The van der Waals surface area contributed by atoms with E-state index in [2.05, 4.69) is 5.32 Å². The Morgan fingerprint density at radius 1 is 1.31 bits per heavy atom. The molecular weight excluding hydrogens is 218 g/mol. The molecule has 0 aliphatic carbocycles. The van der Waals surface area contributed by atoms with Crippen LogP contribution >= 0.6 is 0 Å². The Morgan fingerprint density at radius 2 is 1.69 bits per heavy atom. The maximum atomic E-state index is 11.0. The molecule has 16 heavy (non-hydrogen) atoms. The smallest absolute Gasteiger partial charge is 0.408 e. The van der Waals surface area contributed by atoms with E-state index in [1.807, 2.05) is 0 Å². The predicted octanol–water partition coefficient (Wildman–Crippen LogP) is 0.401. The van der Waals surface area contributed by atoms with E-state index in [9.17, 15) is 9.59 Å². The van der Waals surface area contributed by atoms with Gasteiger partial charge in [-0.25, -0.2) is 4.79 Å². The molecule has 0 bridgehead atoms. The predicted molar refractivity (Wildman–Crippen MR) is 51.5 cm³/mol. The number of nitrogens with one attached hydrogen (secondary N) is 1. The van der Waals surface area contributed by atoms with E-state index in [4.69, 9.17) is 19.4 Å². The van der Waals surface area contributed by atoms with Gasteiger partial charge in [-0.3, -0.25) is 4.79 Å². The summed E-state index contributed by atoms with van der Waals surface area (Å²) in [7, 11) is 0. The number of aliphatic carboxylic acids is 1. The highest BCUT2D eigenvalue weighted by Crippen LogP contribution is 2.06. The summed E-state index contributed by atoms with van der Waals surface area (Å²) in [6.07, 6.45) is -0.470. The maximum Gasteiger partial charge on any atom is 0.408 e. The molecule has 2 N–H and O–H groups in total. The normalized spacial score (nSPS) is 11.2. The third-order valence-electron chi connectivity index (χ3n) is 1.10. The zero-order chi connectivity index (χ0) is 13.4. The van der Waals surface area contributed by atoms with Crippen LogP contribution in [0.1, 0.15) is 27.7 Å². The Hall–Kier alpha value is -1.88. The van der Waals surface area contributed by atoms with Gasteiger partial charge in [0.05, 0.1) is 0 Å². The van der Waals surface area contributed by atoms with Crippen LogP contribution in [0.5, 0.6) is 0 Å². The number of carbonyl (C=O) groups excluding carboxylic acids is 3. The largest absolute Gasteiger partial charge is 0.480 e. The number of carboxylic acid groups (broad SMARTS) is 1. The average Bonchev–Trinajstić information content (AvgIpc) is 2.00. The Labute approximate surface area is 92.8 Å². The fraction of sp³-hybridized carbons (Fsp3) is 0.667. The van der Waals surface area contributed by atoms with Crippen molar-refractivity contribution in [1.82, 2.24) is 5.32 Å². The molecule has 0 aliphatic heterocycles. The molecule has 0 aliphatic rings. The van der Waals surface area contributed by atoms with Crippen LogP contribution in [0.4, 0.5) is 4.79 Å². The number of alkyl carbamates (subject to hydrolysis) is 1. The average molecular weight is 233 g/mol. The molecule has 0 aromatic rings. The van der Waals surface area contributed by atoms with Crippen molar-refractivity contribution in [3.05, 3.63) is 0 Å². The molecule has 1 unspecified atom stereocenters. The minimum absolute atomic E-state index is 0.250. The van der Waals surface area contributed by atoms with E-state index < -0.39 is 23.7 Å². The quantitative estimate of drug-likeness (QED) is 0.714. The van der Waals surface area contributed by atoms with Crippen LogP contribution in [0.25, 0.3) is 0 Å². The van der Waals surface area contributed by atoms with Crippen LogP contribution < -0.4 is 5.32 Å². The van der Waals surface area contributed by atoms with Crippen molar-refractivity contribution in [2.24, 2.45) is 0 Å². The van der Waals surface area contributed by atoms with E-state index in [1.54, 1.807) is 20.8 Å². The first-order valence-corrected chi connectivity index (χ1v) is 4.35. The summed E-state index contributed by atoms with van der Waals surface area (Å²) in [4.78, 5) is 37.6. The molecule has 0 saturated heterocycles. The van der Waals surface area contributed by atoms with Gasteiger partial charge in [-0.05, 0) is 27.7 Å². The topological polar surface area (TPSA) is 110 Å². The standard InChI is InChI=1S/C8H15NO4.CO2/c1-5(6(10)11)9-7(12)13-8(2,3)4;2-1-3/h5H,1-4H3,(H,9,12)(H,10,11);. The SMILES string of the molecule is CC(NC(=O)OC(C)(C)C)C(=O)O.O=C=O. The second-order valence-electron chi connectivity index (χ2n) is 3.79. The highest BCUT2D eigenvalue weighted by atomic mass is 16.6. The number of amides is 1. The second-order valence-corrected chi connectivity index (χ2v) is 3.79. The van der Waals surface area contributed by atoms with Gasteiger partial charge in [0.15, 0.2) is 0 Å². The van der Waals surface area contributed by atoms with E-state index in [-0.39, 0.29) is 6.15 Å². The summed E-state index contributed by atoms with van der Waals surface area (Å²) in [5.41, 5.74) is -0.609. The molecule has 0 fully saturated rings. The lowest BCUT2D eigenvalue weighted by Crippen LogP contribution is -2.41. The summed E-state index contributed by atoms with van der Waals surface area (Å²) in [5, 5.41) is 10.6. The third kappa shape index (κ3) is 12.1. The molecule has 0 saturated carbocycles.